The molecular weight excluding hydrogens is 346 g/mol. The highest BCUT2D eigenvalue weighted by Gasteiger charge is 2.15. The van der Waals surface area contributed by atoms with E-state index in [2.05, 4.69) is 4.98 Å². The molecule has 0 aliphatic carbocycles. The minimum atomic E-state index is -0.674. The van der Waals surface area contributed by atoms with Crippen molar-refractivity contribution in [3.05, 3.63) is 48.0 Å². The molecule has 1 unspecified atom stereocenters. The maximum absolute atomic E-state index is 11.6. The Morgan fingerprint density at radius 2 is 1.78 bits per heavy atom. The summed E-state index contributed by atoms with van der Waals surface area (Å²) in [6.45, 7) is 9.70. The van der Waals surface area contributed by atoms with Gasteiger partial charge in [0.25, 0.3) is 0 Å². The van der Waals surface area contributed by atoms with Crippen molar-refractivity contribution in [2.75, 3.05) is 6.61 Å². The first-order chi connectivity index (χ1) is 13.0. The van der Waals surface area contributed by atoms with Gasteiger partial charge in [-0.3, -0.25) is 0 Å². The number of oxazole rings is 1. The van der Waals surface area contributed by atoms with Crippen LogP contribution in [0.3, 0.4) is 0 Å². The number of esters is 1. The van der Waals surface area contributed by atoms with E-state index >= 15 is 0 Å². The summed E-state index contributed by atoms with van der Waals surface area (Å²) in [5, 5.41) is 0. The van der Waals surface area contributed by atoms with E-state index in [0.29, 0.717) is 23.7 Å². The van der Waals surface area contributed by atoms with Crippen LogP contribution in [-0.2, 0) is 9.53 Å². The second-order valence-corrected chi connectivity index (χ2v) is 5.54. The summed E-state index contributed by atoms with van der Waals surface area (Å²) in [5.41, 5.74) is 2.51. The molecule has 0 spiro atoms. The summed E-state index contributed by atoms with van der Waals surface area (Å²) >= 11 is 0. The van der Waals surface area contributed by atoms with E-state index in [1.165, 1.54) is 0 Å². The number of nitrogens with zero attached hydrogens (tertiary/aromatic N) is 1. The van der Waals surface area contributed by atoms with Crippen molar-refractivity contribution in [3.63, 3.8) is 0 Å². The van der Waals surface area contributed by atoms with Crippen LogP contribution in [0.4, 0.5) is 0 Å². The Morgan fingerprint density at radius 1 is 1.11 bits per heavy atom. The van der Waals surface area contributed by atoms with Crippen LogP contribution in [0.1, 0.15) is 33.3 Å². The van der Waals surface area contributed by atoms with Crippen molar-refractivity contribution in [2.24, 2.45) is 0 Å². The van der Waals surface area contributed by atoms with Gasteiger partial charge in [0.15, 0.2) is 11.7 Å². The van der Waals surface area contributed by atoms with Crippen molar-refractivity contribution in [2.45, 2.75) is 40.7 Å². The maximum atomic E-state index is 11.6. The molecular formula is C21H25NO5. The molecule has 3 rings (SSSR count). The number of hydrogen-bond acceptors (Lipinski definition) is 6. The molecule has 0 amide bonds. The van der Waals surface area contributed by atoms with Crippen LogP contribution in [0.5, 0.6) is 17.6 Å². The van der Waals surface area contributed by atoms with Gasteiger partial charge in [-0.25, -0.2) is 4.79 Å². The summed E-state index contributed by atoms with van der Waals surface area (Å²) in [7, 11) is 0. The summed E-state index contributed by atoms with van der Waals surface area (Å²) in [6.07, 6.45) is -0.499. The number of rotatable bonds is 6. The van der Waals surface area contributed by atoms with E-state index in [9.17, 15) is 4.79 Å². The molecule has 1 aromatic heterocycles. The molecule has 6 nitrogen and oxygen atoms in total. The largest absolute Gasteiger partial charge is 0.479 e. The number of benzene rings is 2. The third-order valence-corrected chi connectivity index (χ3v) is 3.48. The molecule has 0 bridgehead atoms. The van der Waals surface area contributed by atoms with Gasteiger partial charge in [0.2, 0.25) is 0 Å². The molecule has 0 aliphatic rings. The van der Waals surface area contributed by atoms with E-state index < -0.39 is 12.1 Å². The zero-order valence-corrected chi connectivity index (χ0v) is 16.3. The number of fused-ring (bicyclic) bond motifs is 1. The van der Waals surface area contributed by atoms with Crippen molar-refractivity contribution < 1.29 is 23.4 Å². The molecule has 2 aromatic carbocycles. The quantitative estimate of drug-likeness (QED) is 0.549. The SMILES string of the molecule is CC.CCOC(=O)C(C)Oc1ccc(Oc2nc3ccc(C)cc3o2)cc1. The van der Waals surface area contributed by atoms with Crippen LogP contribution in [0.25, 0.3) is 11.1 Å². The van der Waals surface area contributed by atoms with Crippen molar-refractivity contribution in [1.29, 1.82) is 0 Å². The average molecular weight is 371 g/mol. The van der Waals surface area contributed by atoms with Gasteiger partial charge < -0.3 is 18.6 Å². The number of aryl methyl sites for hydroxylation is 1. The Labute approximate surface area is 159 Å². The summed E-state index contributed by atoms with van der Waals surface area (Å²) in [5.74, 6) is 0.699. The first-order valence-corrected chi connectivity index (χ1v) is 9.03. The van der Waals surface area contributed by atoms with Gasteiger partial charge in [0, 0.05) is 0 Å². The molecule has 1 heterocycles. The third-order valence-electron chi connectivity index (χ3n) is 3.48. The lowest BCUT2D eigenvalue weighted by atomic mass is 10.2. The molecule has 144 valence electrons. The fraction of sp³-hybridized carbons (Fsp3) is 0.333. The number of hydrogen-bond donors (Lipinski definition) is 0. The topological polar surface area (TPSA) is 70.8 Å². The molecule has 0 radical (unpaired) electrons. The van der Waals surface area contributed by atoms with Gasteiger partial charge in [-0.1, -0.05) is 19.9 Å². The van der Waals surface area contributed by atoms with E-state index in [0.717, 1.165) is 11.1 Å². The summed E-state index contributed by atoms with van der Waals surface area (Å²) in [6, 6.07) is 12.6. The van der Waals surface area contributed by atoms with Crippen LogP contribution < -0.4 is 9.47 Å². The lowest BCUT2D eigenvalue weighted by Crippen LogP contribution is -2.25. The van der Waals surface area contributed by atoms with Crippen LogP contribution in [0.15, 0.2) is 46.9 Å². The van der Waals surface area contributed by atoms with Crippen LogP contribution >= 0.6 is 0 Å². The first kappa shape index (κ1) is 20.3. The minimum absolute atomic E-state index is 0.175. The molecule has 1 atom stereocenters. The van der Waals surface area contributed by atoms with Gasteiger partial charge in [-0.2, -0.15) is 4.98 Å². The monoisotopic (exact) mass is 371 g/mol. The Morgan fingerprint density at radius 3 is 2.44 bits per heavy atom. The van der Waals surface area contributed by atoms with E-state index in [4.69, 9.17) is 18.6 Å². The van der Waals surface area contributed by atoms with Gasteiger partial charge in [-0.15, -0.1) is 0 Å². The van der Waals surface area contributed by atoms with E-state index in [-0.39, 0.29) is 6.08 Å². The molecule has 0 fully saturated rings. The average Bonchev–Trinajstić information content (AvgIpc) is 3.06. The molecule has 0 saturated carbocycles. The highest BCUT2D eigenvalue weighted by molar-refractivity contribution is 5.74. The maximum Gasteiger partial charge on any atom is 0.400 e. The highest BCUT2D eigenvalue weighted by Crippen LogP contribution is 2.27. The van der Waals surface area contributed by atoms with Crippen LogP contribution in [0.2, 0.25) is 0 Å². The predicted octanol–water partition coefficient (Wildman–Crippen LogP) is 5.29. The Kier molecular flexibility index (Phi) is 7.23. The molecule has 27 heavy (non-hydrogen) atoms. The number of ether oxygens (including phenoxy) is 3. The van der Waals surface area contributed by atoms with Crippen molar-refractivity contribution in [1.82, 2.24) is 4.98 Å². The number of carbonyl (C=O) groups is 1. The summed E-state index contributed by atoms with van der Waals surface area (Å²) < 4.78 is 21.6. The van der Waals surface area contributed by atoms with Crippen molar-refractivity contribution in [3.8, 4) is 17.6 Å². The smallest absolute Gasteiger partial charge is 0.400 e. The van der Waals surface area contributed by atoms with Crippen LogP contribution in [-0.4, -0.2) is 23.7 Å². The van der Waals surface area contributed by atoms with Gasteiger partial charge in [0.1, 0.15) is 17.0 Å². The highest BCUT2D eigenvalue weighted by atomic mass is 16.6. The lowest BCUT2D eigenvalue weighted by Gasteiger charge is -2.13. The van der Waals surface area contributed by atoms with E-state index in [1.807, 2.05) is 39.0 Å². The zero-order valence-electron chi connectivity index (χ0n) is 16.3. The van der Waals surface area contributed by atoms with Gasteiger partial charge >= 0.3 is 12.0 Å². The Hall–Kier alpha value is -3.02. The zero-order chi connectivity index (χ0) is 19.8. The minimum Gasteiger partial charge on any atom is -0.479 e. The van der Waals surface area contributed by atoms with E-state index in [1.54, 1.807) is 38.1 Å². The fourth-order valence-corrected chi connectivity index (χ4v) is 2.25. The van der Waals surface area contributed by atoms with Gasteiger partial charge in [0.05, 0.1) is 6.61 Å². The third kappa shape index (κ3) is 5.48. The Balaban J connectivity index is 0.00000126. The van der Waals surface area contributed by atoms with Gasteiger partial charge in [-0.05, 0) is 62.7 Å². The molecule has 0 N–H and O–H groups in total. The molecule has 0 saturated heterocycles. The summed E-state index contributed by atoms with van der Waals surface area (Å²) in [4.78, 5) is 15.9. The van der Waals surface area contributed by atoms with Crippen LogP contribution in [0, 0.1) is 6.92 Å². The predicted molar refractivity (Wildman–Crippen MR) is 103 cm³/mol. The number of carbonyl (C=O) groups excluding carboxylic acids is 1. The lowest BCUT2D eigenvalue weighted by molar-refractivity contribution is -0.150. The van der Waals surface area contributed by atoms with Crippen molar-refractivity contribution >= 4 is 17.1 Å². The first-order valence-electron chi connectivity index (χ1n) is 9.03. The molecule has 6 heteroatoms. The second-order valence-electron chi connectivity index (χ2n) is 5.54. The standard InChI is InChI=1S/C19H19NO5.C2H6/c1-4-22-18(21)13(3)23-14-6-8-15(9-7-14)24-19-20-16-10-5-12(2)11-17(16)25-19;1-2/h5-11,13H,4H2,1-3H3;1-2H3. The second kappa shape index (κ2) is 9.62. The number of aromatic nitrogens is 1. The normalized spacial score (nSPS) is 11.3. The fourth-order valence-electron chi connectivity index (χ4n) is 2.25. The Bertz CT molecular complexity index is 870. The molecule has 3 aromatic rings. The molecule has 0 aliphatic heterocycles.